The molecule has 1 aromatic rings. The van der Waals surface area contributed by atoms with Gasteiger partial charge >= 0.3 is 0 Å². The molecule has 5 nitrogen and oxygen atoms in total. The van der Waals surface area contributed by atoms with E-state index in [4.69, 9.17) is 0 Å². The fraction of sp³-hybridized carbons (Fsp3) is 0.533. The molecule has 0 saturated carbocycles. The maximum atomic E-state index is 13.6. The first kappa shape index (κ1) is 15.4. The minimum atomic E-state index is -3.22. The number of benzene rings is 1. The summed E-state index contributed by atoms with van der Waals surface area (Å²) in [6, 6.07) is 6.12. The topological polar surface area (TPSA) is 57.7 Å². The van der Waals surface area contributed by atoms with Crippen LogP contribution < -0.4 is 0 Å². The highest BCUT2D eigenvalue weighted by atomic mass is 32.2. The van der Waals surface area contributed by atoms with Crippen LogP contribution in [-0.2, 0) is 21.2 Å². The first-order chi connectivity index (χ1) is 10.4. The number of sulfonamides is 1. The zero-order chi connectivity index (χ0) is 15.9. The van der Waals surface area contributed by atoms with Gasteiger partial charge in [-0.05, 0) is 24.0 Å². The number of fused-ring (bicyclic) bond motifs is 1. The summed E-state index contributed by atoms with van der Waals surface area (Å²) in [6.07, 6.45) is 2.02. The van der Waals surface area contributed by atoms with E-state index in [1.807, 2.05) is 0 Å². The lowest BCUT2D eigenvalue weighted by Crippen LogP contribution is -2.66. The van der Waals surface area contributed by atoms with Crippen molar-refractivity contribution >= 4 is 15.9 Å². The number of amides is 1. The Morgan fingerprint density at radius 2 is 2.05 bits per heavy atom. The van der Waals surface area contributed by atoms with Crippen molar-refractivity contribution < 1.29 is 17.6 Å². The summed E-state index contributed by atoms with van der Waals surface area (Å²) in [6.45, 7) is 1.58. The van der Waals surface area contributed by atoms with Crippen LogP contribution in [-0.4, -0.2) is 55.5 Å². The van der Waals surface area contributed by atoms with E-state index in [9.17, 15) is 17.6 Å². The summed E-state index contributed by atoms with van der Waals surface area (Å²) < 4.78 is 38.4. The second-order valence-electron chi connectivity index (χ2n) is 6.06. The Labute approximate surface area is 129 Å². The molecule has 2 saturated heterocycles. The highest BCUT2D eigenvalue weighted by Crippen LogP contribution is 2.34. The van der Waals surface area contributed by atoms with Gasteiger partial charge < -0.3 is 4.90 Å². The van der Waals surface area contributed by atoms with E-state index in [0.29, 0.717) is 31.1 Å². The van der Waals surface area contributed by atoms with Gasteiger partial charge in [0.25, 0.3) is 0 Å². The van der Waals surface area contributed by atoms with Crippen molar-refractivity contribution in [3.8, 4) is 0 Å². The summed E-state index contributed by atoms with van der Waals surface area (Å²) in [4.78, 5) is 14.0. The number of hydrogen-bond donors (Lipinski definition) is 0. The molecule has 0 spiro atoms. The monoisotopic (exact) mass is 326 g/mol. The van der Waals surface area contributed by atoms with Crippen molar-refractivity contribution in [2.45, 2.75) is 18.9 Å². The van der Waals surface area contributed by atoms with Crippen LogP contribution in [0.15, 0.2) is 24.3 Å². The molecule has 1 aromatic carbocycles. The molecule has 2 fully saturated rings. The molecule has 22 heavy (non-hydrogen) atoms. The molecule has 0 bridgehead atoms. The van der Waals surface area contributed by atoms with E-state index in [1.54, 1.807) is 23.1 Å². The molecule has 0 aliphatic carbocycles. The Morgan fingerprint density at radius 1 is 1.32 bits per heavy atom. The van der Waals surface area contributed by atoms with Crippen molar-refractivity contribution in [1.82, 2.24) is 9.21 Å². The number of carbonyl (C=O) groups is 1. The Hall–Kier alpha value is -1.47. The molecule has 120 valence electrons. The molecule has 2 atom stereocenters. The quantitative estimate of drug-likeness (QED) is 0.828. The summed E-state index contributed by atoms with van der Waals surface area (Å²) >= 11 is 0. The Kier molecular flexibility index (Phi) is 3.94. The average molecular weight is 326 g/mol. The second-order valence-corrected chi connectivity index (χ2v) is 7.99. The van der Waals surface area contributed by atoms with Gasteiger partial charge in [0.15, 0.2) is 0 Å². The van der Waals surface area contributed by atoms with E-state index in [-0.39, 0.29) is 24.2 Å². The predicted octanol–water partition coefficient (Wildman–Crippen LogP) is 0.860. The largest absolute Gasteiger partial charge is 0.341 e. The molecule has 3 rings (SSSR count). The first-order valence-corrected chi connectivity index (χ1v) is 9.19. The molecule has 7 heteroatoms. The summed E-state index contributed by atoms with van der Waals surface area (Å²) in [5, 5.41) is 0. The van der Waals surface area contributed by atoms with E-state index in [2.05, 4.69) is 0 Å². The third-order valence-electron chi connectivity index (χ3n) is 4.58. The third kappa shape index (κ3) is 2.87. The number of nitrogens with zero attached hydrogens (tertiary/aromatic N) is 2. The summed E-state index contributed by atoms with van der Waals surface area (Å²) in [5.74, 6) is -0.191. The molecular formula is C15H19FN2O3S. The van der Waals surface area contributed by atoms with Gasteiger partial charge in [-0.3, -0.25) is 4.79 Å². The van der Waals surface area contributed by atoms with Crippen molar-refractivity contribution in [3.05, 3.63) is 35.6 Å². The number of likely N-dealkylation sites (tertiary alicyclic amines) is 1. The first-order valence-electron chi connectivity index (χ1n) is 7.34. The van der Waals surface area contributed by atoms with Crippen LogP contribution in [0.2, 0.25) is 0 Å². The molecule has 0 radical (unpaired) electrons. The van der Waals surface area contributed by atoms with Crippen LogP contribution in [0.1, 0.15) is 12.0 Å². The molecule has 2 aliphatic heterocycles. The van der Waals surface area contributed by atoms with Gasteiger partial charge in [0.2, 0.25) is 15.9 Å². The maximum absolute atomic E-state index is 13.6. The lowest BCUT2D eigenvalue weighted by molar-refractivity contribution is -0.135. The van der Waals surface area contributed by atoms with Gasteiger partial charge in [0.05, 0.1) is 12.7 Å². The van der Waals surface area contributed by atoms with Gasteiger partial charge in [-0.15, -0.1) is 0 Å². The SMILES string of the molecule is CS(=O)(=O)N1C[C@H]2CCN(C(=O)Cc3ccccc3F)C[C@H]21. The van der Waals surface area contributed by atoms with Gasteiger partial charge in [-0.1, -0.05) is 18.2 Å². The highest BCUT2D eigenvalue weighted by Gasteiger charge is 2.47. The van der Waals surface area contributed by atoms with Crippen molar-refractivity contribution in [2.75, 3.05) is 25.9 Å². The fourth-order valence-corrected chi connectivity index (χ4v) is 4.47. The third-order valence-corrected chi connectivity index (χ3v) is 5.86. The zero-order valence-corrected chi connectivity index (χ0v) is 13.2. The molecule has 2 aliphatic rings. The molecule has 2 heterocycles. The molecule has 0 N–H and O–H groups in total. The maximum Gasteiger partial charge on any atom is 0.227 e. The van der Waals surface area contributed by atoms with Crippen LogP contribution in [0, 0.1) is 11.7 Å². The number of hydrogen-bond acceptors (Lipinski definition) is 3. The lowest BCUT2D eigenvalue weighted by atomic mass is 9.84. The molecular weight excluding hydrogens is 307 g/mol. The van der Waals surface area contributed by atoms with E-state index in [1.165, 1.54) is 16.6 Å². The van der Waals surface area contributed by atoms with Crippen molar-refractivity contribution in [2.24, 2.45) is 5.92 Å². The predicted molar refractivity (Wildman–Crippen MR) is 80.1 cm³/mol. The minimum absolute atomic E-state index is 0.0168. The second kappa shape index (κ2) is 5.62. The molecule has 0 unspecified atom stereocenters. The number of piperidine rings is 1. The van der Waals surface area contributed by atoms with Crippen molar-refractivity contribution in [3.63, 3.8) is 0 Å². The number of rotatable bonds is 3. The smallest absolute Gasteiger partial charge is 0.227 e. The Balaban J connectivity index is 1.66. The van der Waals surface area contributed by atoms with Gasteiger partial charge in [0.1, 0.15) is 5.82 Å². The average Bonchev–Trinajstić information content (AvgIpc) is 2.41. The van der Waals surface area contributed by atoms with Crippen LogP contribution in [0.3, 0.4) is 0 Å². The van der Waals surface area contributed by atoms with Gasteiger partial charge in [-0.25, -0.2) is 12.8 Å². The van der Waals surface area contributed by atoms with E-state index in [0.717, 1.165) is 6.42 Å². The Bertz CT molecular complexity index is 692. The molecule has 1 amide bonds. The highest BCUT2D eigenvalue weighted by molar-refractivity contribution is 7.88. The van der Waals surface area contributed by atoms with Crippen LogP contribution in [0.25, 0.3) is 0 Å². The zero-order valence-electron chi connectivity index (χ0n) is 12.4. The minimum Gasteiger partial charge on any atom is -0.341 e. The van der Waals surface area contributed by atoms with Crippen LogP contribution in [0.4, 0.5) is 4.39 Å². The van der Waals surface area contributed by atoms with Gasteiger partial charge in [-0.2, -0.15) is 4.31 Å². The lowest BCUT2D eigenvalue weighted by Gasteiger charge is -2.51. The number of halogens is 1. The standard InChI is InChI=1S/C15H19FN2O3S/c1-22(20,21)18-9-12-6-7-17(10-14(12)18)15(19)8-11-4-2-3-5-13(11)16/h2-5,12,14H,6-10H2,1H3/t12-,14-/m1/s1. The Morgan fingerprint density at radius 3 is 2.73 bits per heavy atom. The number of carbonyl (C=O) groups excluding carboxylic acids is 1. The van der Waals surface area contributed by atoms with Crippen LogP contribution in [0.5, 0.6) is 0 Å². The molecule has 0 aromatic heterocycles. The fourth-order valence-electron chi connectivity index (χ4n) is 3.27. The van der Waals surface area contributed by atoms with Crippen molar-refractivity contribution in [1.29, 1.82) is 0 Å². The normalized spacial score (nSPS) is 25.5. The van der Waals surface area contributed by atoms with E-state index >= 15 is 0 Å². The summed E-state index contributed by atoms with van der Waals surface area (Å²) in [5.41, 5.74) is 0.378. The summed E-state index contributed by atoms with van der Waals surface area (Å²) in [7, 11) is -3.22. The van der Waals surface area contributed by atoms with Crippen LogP contribution >= 0.6 is 0 Å². The van der Waals surface area contributed by atoms with Gasteiger partial charge in [0, 0.05) is 25.7 Å². The van der Waals surface area contributed by atoms with E-state index < -0.39 is 10.0 Å².